The fourth-order valence-corrected chi connectivity index (χ4v) is 4.39. The van der Waals surface area contributed by atoms with Crippen LogP contribution >= 0.6 is 0 Å². The van der Waals surface area contributed by atoms with Gasteiger partial charge in [-0.15, -0.1) is 0 Å². The van der Waals surface area contributed by atoms with Gasteiger partial charge in [0.15, 0.2) is 0 Å². The zero-order chi connectivity index (χ0) is 15.7. The van der Waals surface area contributed by atoms with Gasteiger partial charge in [0.2, 0.25) is 10.0 Å². The molecule has 1 aromatic carbocycles. The SMILES string of the molecule is COc1ccc(C)c(S(=O)(=O)N2CCC(n3nccn3)C2)c1. The normalized spacial score (nSPS) is 19.5. The van der Waals surface area contributed by atoms with Crippen LogP contribution in [-0.2, 0) is 10.0 Å². The number of aromatic nitrogens is 3. The van der Waals surface area contributed by atoms with Crippen molar-refractivity contribution in [2.75, 3.05) is 20.2 Å². The molecule has 1 fully saturated rings. The molecule has 1 aromatic heterocycles. The molecule has 8 heteroatoms. The van der Waals surface area contributed by atoms with Gasteiger partial charge in [-0.2, -0.15) is 19.3 Å². The van der Waals surface area contributed by atoms with E-state index in [1.54, 1.807) is 42.3 Å². The molecule has 0 bridgehead atoms. The zero-order valence-corrected chi connectivity index (χ0v) is 13.3. The summed E-state index contributed by atoms with van der Waals surface area (Å²) in [6.07, 6.45) is 3.91. The van der Waals surface area contributed by atoms with Crippen LogP contribution in [0.5, 0.6) is 5.75 Å². The zero-order valence-electron chi connectivity index (χ0n) is 12.5. The summed E-state index contributed by atoms with van der Waals surface area (Å²) in [5.41, 5.74) is 0.710. The number of aryl methyl sites for hydroxylation is 1. The first kappa shape index (κ1) is 15.0. The Hall–Kier alpha value is -1.93. The molecule has 0 spiro atoms. The third-order valence-electron chi connectivity index (χ3n) is 3.90. The Labute approximate surface area is 129 Å². The molecule has 2 aromatic rings. The number of ether oxygens (including phenoxy) is 1. The molecule has 1 aliphatic rings. The van der Waals surface area contributed by atoms with E-state index in [-0.39, 0.29) is 6.04 Å². The molecule has 1 unspecified atom stereocenters. The van der Waals surface area contributed by atoms with Crippen molar-refractivity contribution in [3.63, 3.8) is 0 Å². The Morgan fingerprint density at radius 3 is 2.68 bits per heavy atom. The maximum atomic E-state index is 12.9. The summed E-state index contributed by atoms with van der Waals surface area (Å²) >= 11 is 0. The lowest BCUT2D eigenvalue weighted by Crippen LogP contribution is -2.30. The summed E-state index contributed by atoms with van der Waals surface area (Å²) in [4.78, 5) is 1.87. The number of benzene rings is 1. The Morgan fingerprint density at radius 1 is 1.27 bits per heavy atom. The summed E-state index contributed by atoms with van der Waals surface area (Å²) in [6, 6.07) is 5.07. The summed E-state index contributed by atoms with van der Waals surface area (Å²) in [5.74, 6) is 0.536. The second kappa shape index (κ2) is 5.69. The highest BCUT2D eigenvalue weighted by molar-refractivity contribution is 7.89. The van der Waals surface area contributed by atoms with Crippen molar-refractivity contribution < 1.29 is 13.2 Å². The van der Waals surface area contributed by atoms with Gasteiger partial charge in [-0.25, -0.2) is 8.42 Å². The van der Waals surface area contributed by atoms with E-state index in [9.17, 15) is 8.42 Å². The molecular formula is C14H18N4O3S. The molecule has 118 valence electrons. The number of hydrogen-bond donors (Lipinski definition) is 0. The van der Waals surface area contributed by atoms with Crippen molar-refractivity contribution in [2.45, 2.75) is 24.3 Å². The van der Waals surface area contributed by atoms with Crippen LogP contribution in [0.4, 0.5) is 0 Å². The van der Waals surface area contributed by atoms with Gasteiger partial charge in [-0.05, 0) is 25.0 Å². The molecule has 0 N–H and O–H groups in total. The van der Waals surface area contributed by atoms with Crippen LogP contribution in [0.3, 0.4) is 0 Å². The van der Waals surface area contributed by atoms with Crippen LogP contribution in [0.15, 0.2) is 35.5 Å². The largest absolute Gasteiger partial charge is 0.497 e. The highest BCUT2D eigenvalue weighted by Crippen LogP contribution is 2.29. The molecule has 1 aliphatic heterocycles. The molecular weight excluding hydrogens is 304 g/mol. The van der Waals surface area contributed by atoms with Crippen molar-refractivity contribution in [3.8, 4) is 5.75 Å². The third-order valence-corrected chi connectivity index (χ3v) is 5.91. The van der Waals surface area contributed by atoms with Crippen LogP contribution in [0, 0.1) is 6.92 Å². The summed E-state index contributed by atoms with van der Waals surface area (Å²) in [5, 5.41) is 8.19. The van der Waals surface area contributed by atoms with Crippen LogP contribution in [-0.4, -0.2) is 47.9 Å². The highest BCUT2D eigenvalue weighted by Gasteiger charge is 2.35. The van der Waals surface area contributed by atoms with Crippen LogP contribution in [0.1, 0.15) is 18.0 Å². The van der Waals surface area contributed by atoms with Crippen LogP contribution in [0.2, 0.25) is 0 Å². The Kier molecular flexibility index (Phi) is 3.88. The molecule has 22 heavy (non-hydrogen) atoms. The molecule has 7 nitrogen and oxygen atoms in total. The number of methoxy groups -OCH3 is 1. The highest BCUT2D eigenvalue weighted by atomic mass is 32.2. The van der Waals surface area contributed by atoms with Crippen molar-refractivity contribution in [2.24, 2.45) is 0 Å². The molecule has 0 aliphatic carbocycles. The van der Waals surface area contributed by atoms with Gasteiger partial charge in [0.05, 0.1) is 30.4 Å². The van der Waals surface area contributed by atoms with E-state index < -0.39 is 10.0 Å². The lowest BCUT2D eigenvalue weighted by atomic mass is 10.2. The van der Waals surface area contributed by atoms with Crippen molar-refractivity contribution in [1.29, 1.82) is 0 Å². The first-order chi connectivity index (χ1) is 10.5. The fraction of sp³-hybridized carbons (Fsp3) is 0.429. The summed E-state index contributed by atoms with van der Waals surface area (Å²) in [7, 11) is -2.02. The summed E-state index contributed by atoms with van der Waals surface area (Å²) < 4.78 is 32.3. The topological polar surface area (TPSA) is 77.3 Å². The molecule has 1 atom stereocenters. The second-order valence-electron chi connectivity index (χ2n) is 5.29. The van der Waals surface area contributed by atoms with Gasteiger partial charge in [0.25, 0.3) is 0 Å². The number of rotatable bonds is 4. The van der Waals surface area contributed by atoms with E-state index in [0.717, 1.165) is 0 Å². The molecule has 3 rings (SSSR count). The minimum absolute atomic E-state index is 0.0179. The molecule has 0 amide bonds. The van der Waals surface area contributed by atoms with Gasteiger partial charge in [-0.3, -0.25) is 0 Å². The van der Waals surface area contributed by atoms with Crippen molar-refractivity contribution >= 4 is 10.0 Å². The van der Waals surface area contributed by atoms with E-state index in [4.69, 9.17) is 4.74 Å². The number of nitrogens with zero attached hydrogens (tertiary/aromatic N) is 4. The van der Waals surface area contributed by atoms with E-state index in [2.05, 4.69) is 10.2 Å². The third kappa shape index (κ3) is 2.59. The van der Waals surface area contributed by atoms with E-state index in [1.807, 2.05) is 0 Å². The van der Waals surface area contributed by atoms with Crippen molar-refractivity contribution in [1.82, 2.24) is 19.3 Å². The van der Waals surface area contributed by atoms with Gasteiger partial charge >= 0.3 is 0 Å². The lowest BCUT2D eigenvalue weighted by molar-refractivity contribution is 0.401. The standard InChI is InChI=1S/C14H18N4O3S/c1-11-3-4-13(21-2)9-14(11)22(19,20)17-8-5-12(10-17)18-15-6-7-16-18/h3-4,6-7,9,12H,5,8,10H2,1-2H3. The average molecular weight is 322 g/mol. The maximum Gasteiger partial charge on any atom is 0.243 e. The van der Waals surface area contributed by atoms with Crippen molar-refractivity contribution in [3.05, 3.63) is 36.2 Å². The first-order valence-electron chi connectivity index (χ1n) is 7.03. The number of hydrogen-bond acceptors (Lipinski definition) is 5. The van der Waals surface area contributed by atoms with Gasteiger partial charge < -0.3 is 4.74 Å². The van der Waals surface area contributed by atoms with Gasteiger partial charge in [0.1, 0.15) is 5.75 Å². The maximum absolute atomic E-state index is 12.9. The van der Waals surface area contributed by atoms with Gasteiger partial charge in [-0.1, -0.05) is 6.07 Å². The fourth-order valence-electron chi connectivity index (χ4n) is 2.66. The van der Waals surface area contributed by atoms with E-state index in [0.29, 0.717) is 35.7 Å². The molecule has 1 saturated heterocycles. The predicted molar refractivity (Wildman–Crippen MR) is 80.2 cm³/mol. The van der Waals surface area contributed by atoms with Gasteiger partial charge in [0, 0.05) is 19.2 Å². The summed E-state index contributed by atoms with van der Waals surface area (Å²) in [6.45, 7) is 2.63. The number of sulfonamides is 1. The van der Waals surface area contributed by atoms with Crippen LogP contribution < -0.4 is 4.74 Å². The monoisotopic (exact) mass is 322 g/mol. The average Bonchev–Trinajstić information content (AvgIpc) is 3.18. The minimum Gasteiger partial charge on any atom is -0.497 e. The van der Waals surface area contributed by atoms with Crippen LogP contribution in [0.25, 0.3) is 0 Å². The molecule has 2 heterocycles. The van der Waals surface area contributed by atoms with E-state index in [1.165, 1.54) is 11.4 Å². The smallest absolute Gasteiger partial charge is 0.243 e. The van der Waals surface area contributed by atoms with E-state index >= 15 is 0 Å². The Bertz CT molecular complexity index is 758. The quantitative estimate of drug-likeness (QED) is 0.846. The molecule has 0 saturated carbocycles. The second-order valence-corrected chi connectivity index (χ2v) is 7.19. The Morgan fingerprint density at radius 2 is 2.00 bits per heavy atom. The Balaban J connectivity index is 1.88. The predicted octanol–water partition coefficient (Wildman–Crippen LogP) is 1.23. The molecule has 0 radical (unpaired) electrons. The minimum atomic E-state index is -3.54. The lowest BCUT2D eigenvalue weighted by Gasteiger charge is -2.18. The first-order valence-corrected chi connectivity index (χ1v) is 8.47.